The third-order valence-corrected chi connectivity index (χ3v) is 3.31. The van der Waals surface area contributed by atoms with Crippen molar-refractivity contribution in [3.8, 4) is 0 Å². The molecule has 76 valence electrons. The van der Waals surface area contributed by atoms with Crippen LogP contribution in [-0.2, 0) is 11.0 Å². The predicted molar refractivity (Wildman–Crippen MR) is 58.7 cm³/mol. The summed E-state index contributed by atoms with van der Waals surface area (Å²) in [4.78, 5) is 9.11. The summed E-state index contributed by atoms with van der Waals surface area (Å²) in [6.07, 6.45) is 2.49. The van der Waals surface area contributed by atoms with Gasteiger partial charge in [-0.2, -0.15) is 4.89 Å². The Labute approximate surface area is 85.8 Å². The van der Waals surface area contributed by atoms with Gasteiger partial charge in [-0.3, -0.25) is 0 Å². The first-order chi connectivity index (χ1) is 6.74. The number of rotatable bonds is 5. The summed E-state index contributed by atoms with van der Waals surface area (Å²) in [6, 6.07) is 9.88. The molecule has 1 N–H and O–H groups in total. The molecule has 2 nitrogen and oxygen atoms in total. The molecule has 0 spiro atoms. The molecule has 14 heavy (non-hydrogen) atoms. The maximum absolute atomic E-state index is 11.0. The molecule has 0 fully saturated rings. The topological polar surface area (TPSA) is 37.3 Å². The lowest BCUT2D eigenvalue weighted by Gasteiger charge is -2.03. The fraction of sp³-hybridized carbons (Fsp3) is 0.455. The standard InChI is InChI=1S/C11H15O2P/c1-2-6-11(14(12)13)9-10-7-4-3-5-8-10/h3-5,7-8,11H,2,6,9H2,1H3/p+1. The normalized spacial score (nSPS) is 13.7. The maximum atomic E-state index is 11.0. The van der Waals surface area contributed by atoms with Gasteiger partial charge in [0.05, 0.1) is 0 Å². The van der Waals surface area contributed by atoms with E-state index in [1.165, 1.54) is 0 Å². The van der Waals surface area contributed by atoms with Gasteiger partial charge in [0, 0.05) is 6.42 Å². The molecule has 1 aromatic carbocycles. The molecular weight excluding hydrogens is 195 g/mol. The molecule has 0 saturated carbocycles. The number of hydrogen-bond donors (Lipinski definition) is 1. The fourth-order valence-corrected chi connectivity index (χ4v) is 2.36. The van der Waals surface area contributed by atoms with Crippen LogP contribution in [0, 0.1) is 0 Å². The zero-order valence-corrected chi connectivity index (χ0v) is 9.28. The van der Waals surface area contributed by atoms with E-state index in [1.54, 1.807) is 0 Å². The van der Waals surface area contributed by atoms with E-state index in [9.17, 15) is 4.57 Å². The molecule has 0 aliphatic rings. The summed E-state index contributed by atoms with van der Waals surface area (Å²) in [6.45, 7) is 2.04. The van der Waals surface area contributed by atoms with E-state index in [2.05, 4.69) is 0 Å². The Morgan fingerprint density at radius 3 is 2.50 bits per heavy atom. The van der Waals surface area contributed by atoms with Crippen molar-refractivity contribution in [3.05, 3.63) is 35.9 Å². The molecule has 0 aliphatic carbocycles. The van der Waals surface area contributed by atoms with Gasteiger partial charge in [0.2, 0.25) is 0 Å². The van der Waals surface area contributed by atoms with Crippen LogP contribution in [0.3, 0.4) is 0 Å². The lowest BCUT2D eigenvalue weighted by molar-refractivity contribution is 0.481. The van der Waals surface area contributed by atoms with Gasteiger partial charge >= 0.3 is 8.03 Å². The Morgan fingerprint density at radius 1 is 1.36 bits per heavy atom. The van der Waals surface area contributed by atoms with Crippen molar-refractivity contribution >= 4 is 8.03 Å². The highest BCUT2D eigenvalue weighted by Crippen LogP contribution is 2.29. The maximum Gasteiger partial charge on any atom is 0.509 e. The Balaban J connectivity index is 2.60. The van der Waals surface area contributed by atoms with E-state index in [0.29, 0.717) is 6.42 Å². The Hall–Kier alpha value is -0.720. The van der Waals surface area contributed by atoms with Crippen LogP contribution in [0.2, 0.25) is 0 Å². The largest absolute Gasteiger partial charge is 0.509 e. The van der Waals surface area contributed by atoms with Gasteiger partial charge in [0.25, 0.3) is 0 Å². The van der Waals surface area contributed by atoms with Gasteiger partial charge in [-0.15, -0.1) is 0 Å². The molecule has 2 atom stereocenters. The van der Waals surface area contributed by atoms with Crippen LogP contribution in [0.5, 0.6) is 0 Å². The van der Waals surface area contributed by atoms with Crippen molar-refractivity contribution in [1.29, 1.82) is 0 Å². The SMILES string of the molecule is CCCC(Cc1ccccc1)[P+](=O)O. The first-order valence-electron chi connectivity index (χ1n) is 4.93. The average molecular weight is 211 g/mol. The van der Waals surface area contributed by atoms with Crippen molar-refractivity contribution in [1.82, 2.24) is 0 Å². The minimum Gasteiger partial charge on any atom is -0.161 e. The molecule has 0 aromatic heterocycles. The highest BCUT2D eigenvalue weighted by Gasteiger charge is 2.27. The summed E-state index contributed by atoms with van der Waals surface area (Å²) in [7, 11) is -2.04. The zero-order chi connectivity index (χ0) is 10.4. The zero-order valence-electron chi connectivity index (χ0n) is 8.39. The first-order valence-corrected chi connectivity index (χ1v) is 6.21. The third kappa shape index (κ3) is 3.57. The van der Waals surface area contributed by atoms with E-state index in [1.807, 2.05) is 37.3 Å². The van der Waals surface area contributed by atoms with Gasteiger partial charge < -0.3 is 0 Å². The molecule has 1 aromatic rings. The second-order valence-electron chi connectivity index (χ2n) is 3.43. The lowest BCUT2D eigenvalue weighted by Crippen LogP contribution is -2.06. The fourth-order valence-electron chi connectivity index (χ4n) is 1.51. The first kappa shape index (κ1) is 11.4. The van der Waals surface area contributed by atoms with Crippen molar-refractivity contribution in [2.45, 2.75) is 31.8 Å². The Bertz CT molecular complexity index is 285. The van der Waals surface area contributed by atoms with Crippen LogP contribution in [0.1, 0.15) is 25.3 Å². The van der Waals surface area contributed by atoms with Crippen LogP contribution < -0.4 is 0 Å². The summed E-state index contributed by atoms with van der Waals surface area (Å²) < 4.78 is 11.0. The molecule has 1 rings (SSSR count). The summed E-state index contributed by atoms with van der Waals surface area (Å²) >= 11 is 0. The van der Waals surface area contributed by atoms with E-state index in [-0.39, 0.29) is 5.66 Å². The minimum absolute atomic E-state index is 0.0857. The quantitative estimate of drug-likeness (QED) is 0.759. The van der Waals surface area contributed by atoms with Crippen LogP contribution in [0.15, 0.2) is 30.3 Å². The Kier molecular flexibility index (Phi) is 4.78. The lowest BCUT2D eigenvalue weighted by atomic mass is 10.1. The van der Waals surface area contributed by atoms with E-state index < -0.39 is 8.03 Å². The molecule has 0 radical (unpaired) electrons. The van der Waals surface area contributed by atoms with E-state index in [0.717, 1.165) is 18.4 Å². The second kappa shape index (κ2) is 5.90. The van der Waals surface area contributed by atoms with Crippen LogP contribution in [0.25, 0.3) is 0 Å². The highest BCUT2D eigenvalue weighted by molar-refractivity contribution is 7.38. The van der Waals surface area contributed by atoms with Gasteiger partial charge in [-0.05, 0) is 16.5 Å². The van der Waals surface area contributed by atoms with E-state index in [4.69, 9.17) is 4.89 Å². The van der Waals surface area contributed by atoms with Crippen LogP contribution in [-0.4, -0.2) is 10.6 Å². The summed E-state index contributed by atoms with van der Waals surface area (Å²) in [5.74, 6) is 0. The summed E-state index contributed by atoms with van der Waals surface area (Å²) in [5, 5.41) is 0. The monoisotopic (exact) mass is 211 g/mol. The number of benzene rings is 1. The third-order valence-electron chi connectivity index (χ3n) is 2.25. The molecule has 0 aliphatic heterocycles. The van der Waals surface area contributed by atoms with Crippen molar-refractivity contribution in [2.75, 3.05) is 0 Å². The molecule has 0 saturated heterocycles. The van der Waals surface area contributed by atoms with Gasteiger partial charge in [0.15, 0.2) is 5.66 Å². The van der Waals surface area contributed by atoms with Crippen LogP contribution in [0.4, 0.5) is 0 Å². The van der Waals surface area contributed by atoms with Gasteiger partial charge in [0.1, 0.15) is 0 Å². The summed E-state index contributed by atoms with van der Waals surface area (Å²) in [5.41, 5.74) is 1.06. The average Bonchev–Trinajstić information content (AvgIpc) is 2.18. The van der Waals surface area contributed by atoms with Gasteiger partial charge in [-0.25, -0.2) is 0 Å². The molecule has 0 bridgehead atoms. The number of hydrogen-bond acceptors (Lipinski definition) is 1. The second-order valence-corrected chi connectivity index (χ2v) is 4.77. The predicted octanol–water partition coefficient (Wildman–Crippen LogP) is 3.13. The minimum atomic E-state index is -2.04. The highest BCUT2D eigenvalue weighted by atomic mass is 31.1. The van der Waals surface area contributed by atoms with E-state index >= 15 is 0 Å². The van der Waals surface area contributed by atoms with Crippen LogP contribution >= 0.6 is 8.03 Å². The smallest absolute Gasteiger partial charge is 0.161 e. The molecule has 2 unspecified atom stereocenters. The van der Waals surface area contributed by atoms with Crippen molar-refractivity contribution in [2.24, 2.45) is 0 Å². The Morgan fingerprint density at radius 2 is 2.00 bits per heavy atom. The van der Waals surface area contributed by atoms with Crippen molar-refractivity contribution < 1.29 is 9.46 Å². The van der Waals surface area contributed by atoms with Gasteiger partial charge in [-0.1, -0.05) is 43.7 Å². The molecular formula is C11H16O2P+. The molecule has 3 heteroatoms. The molecule has 0 amide bonds. The molecule has 0 heterocycles. The van der Waals surface area contributed by atoms with Crippen molar-refractivity contribution in [3.63, 3.8) is 0 Å².